The van der Waals surface area contributed by atoms with E-state index in [4.69, 9.17) is 31.9 Å². The lowest BCUT2D eigenvalue weighted by Crippen LogP contribution is -1.97. The summed E-state index contributed by atoms with van der Waals surface area (Å²) in [7, 11) is 0. The van der Waals surface area contributed by atoms with Crippen LogP contribution in [0.25, 0.3) is 0 Å². The average molecular weight is 306 g/mol. The fourth-order valence-corrected chi connectivity index (χ4v) is 1.38. The van der Waals surface area contributed by atoms with Crippen LogP contribution in [-0.2, 0) is 0 Å². The van der Waals surface area contributed by atoms with Gasteiger partial charge in [0, 0.05) is 0 Å². The van der Waals surface area contributed by atoms with Crippen molar-refractivity contribution in [1.82, 2.24) is 0 Å². The third-order valence-electron chi connectivity index (χ3n) is 2.55. The Labute approximate surface area is 124 Å². The van der Waals surface area contributed by atoms with Gasteiger partial charge < -0.3 is 31.9 Å². The molecule has 0 atom stereocenters. The van der Waals surface area contributed by atoms with E-state index in [1.54, 1.807) is 0 Å². The molecule has 0 heterocycles. The molecular formula is C14H14N2O6. The molecular weight excluding hydrogens is 292 g/mol. The zero-order valence-electron chi connectivity index (χ0n) is 11.2. The Morgan fingerprint density at radius 3 is 1.27 bits per heavy atom. The smallest absolute Gasteiger partial charge is 0.335 e. The van der Waals surface area contributed by atoms with Gasteiger partial charge in [-0.25, -0.2) is 9.59 Å². The molecule has 2 aromatic carbocycles. The summed E-state index contributed by atoms with van der Waals surface area (Å²) >= 11 is 0. The molecule has 8 heteroatoms. The van der Waals surface area contributed by atoms with Crippen molar-refractivity contribution in [1.29, 1.82) is 0 Å². The molecule has 0 radical (unpaired) electrons. The van der Waals surface area contributed by atoms with E-state index >= 15 is 0 Å². The molecule has 0 amide bonds. The predicted octanol–water partition coefficient (Wildman–Crippen LogP) is 1.35. The molecule has 0 aromatic heterocycles. The molecule has 8 N–H and O–H groups in total. The number of aromatic carboxylic acids is 2. The maximum Gasteiger partial charge on any atom is 0.335 e. The summed E-state index contributed by atoms with van der Waals surface area (Å²) in [6, 6.07) is 7.48. The Balaban J connectivity index is 0.000000220. The van der Waals surface area contributed by atoms with E-state index in [2.05, 4.69) is 0 Å². The summed E-state index contributed by atoms with van der Waals surface area (Å²) in [4.78, 5) is 20.7. The maximum absolute atomic E-state index is 10.3. The molecule has 0 aliphatic heterocycles. The van der Waals surface area contributed by atoms with E-state index in [-0.39, 0.29) is 34.0 Å². The number of phenols is 2. The van der Waals surface area contributed by atoms with Crippen molar-refractivity contribution in [3.05, 3.63) is 47.5 Å². The van der Waals surface area contributed by atoms with Crippen molar-refractivity contribution in [2.24, 2.45) is 0 Å². The third-order valence-corrected chi connectivity index (χ3v) is 2.55. The lowest BCUT2D eigenvalue weighted by atomic mass is 10.2. The highest BCUT2D eigenvalue weighted by atomic mass is 16.4. The van der Waals surface area contributed by atoms with E-state index in [0.717, 1.165) is 0 Å². The van der Waals surface area contributed by atoms with Gasteiger partial charge in [0.1, 0.15) is 11.5 Å². The molecule has 8 nitrogen and oxygen atoms in total. The van der Waals surface area contributed by atoms with Gasteiger partial charge in [0.15, 0.2) is 0 Å². The molecule has 2 aromatic rings. The van der Waals surface area contributed by atoms with Gasteiger partial charge in [0.25, 0.3) is 0 Å². The number of hydrogen-bond acceptors (Lipinski definition) is 6. The molecule has 0 unspecified atom stereocenters. The van der Waals surface area contributed by atoms with Crippen LogP contribution in [0.3, 0.4) is 0 Å². The topological polar surface area (TPSA) is 167 Å². The average Bonchev–Trinajstić information content (AvgIpc) is 2.45. The second-order valence-electron chi connectivity index (χ2n) is 4.16. The fourth-order valence-electron chi connectivity index (χ4n) is 1.38. The van der Waals surface area contributed by atoms with Crippen molar-refractivity contribution in [3.63, 3.8) is 0 Å². The molecule has 0 saturated heterocycles. The highest BCUT2D eigenvalue weighted by Crippen LogP contribution is 2.20. The number of nitrogens with two attached hydrogens (primary N) is 2. The van der Waals surface area contributed by atoms with Crippen LogP contribution < -0.4 is 11.5 Å². The van der Waals surface area contributed by atoms with E-state index < -0.39 is 11.9 Å². The maximum atomic E-state index is 10.3. The number of carboxylic acids is 2. The largest absolute Gasteiger partial charge is 0.506 e. The first-order chi connectivity index (χ1) is 10.2. The lowest BCUT2D eigenvalue weighted by molar-refractivity contribution is 0.0686. The Morgan fingerprint density at radius 1 is 0.727 bits per heavy atom. The number of anilines is 2. The standard InChI is InChI=1S/2C7H7NO3/c2*8-5-3-4(7(10)11)1-2-6(5)9/h2*1-3,9H,8H2,(H,10,11). The first kappa shape index (κ1) is 16.6. The zero-order valence-corrected chi connectivity index (χ0v) is 11.2. The molecule has 116 valence electrons. The first-order valence-corrected chi connectivity index (χ1v) is 5.86. The van der Waals surface area contributed by atoms with E-state index in [9.17, 15) is 9.59 Å². The Morgan fingerprint density at radius 2 is 1.05 bits per heavy atom. The molecule has 0 bridgehead atoms. The highest BCUT2D eigenvalue weighted by Gasteiger charge is 2.04. The zero-order chi connectivity index (χ0) is 16.9. The lowest BCUT2D eigenvalue weighted by Gasteiger charge is -1.98. The monoisotopic (exact) mass is 306 g/mol. The van der Waals surface area contributed by atoms with Crippen LogP contribution >= 0.6 is 0 Å². The normalized spacial score (nSPS) is 9.45. The minimum atomic E-state index is -1.06. The number of benzene rings is 2. The summed E-state index contributed by atoms with van der Waals surface area (Å²) in [6.07, 6.45) is 0. The van der Waals surface area contributed by atoms with Crippen molar-refractivity contribution in [2.75, 3.05) is 11.5 Å². The van der Waals surface area contributed by atoms with Crippen LogP contribution in [0.4, 0.5) is 11.4 Å². The molecule has 0 aliphatic carbocycles. The summed E-state index contributed by atoms with van der Waals surface area (Å²) < 4.78 is 0. The van der Waals surface area contributed by atoms with Gasteiger partial charge in [-0.05, 0) is 36.4 Å². The van der Waals surface area contributed by atoms with E-state index in [1.807, 2.05) is 0 Å². The second kappa shape index (κ2) is 6.84. The molecule has 2 rings (SSSR count). The molecule has 22 heavy (non-hydrogen) atoms. The van der Waals surface area contributed by atoms with Gasteiger partial charge in [0.05, 0.1) is 22.5 Å². The van der Waals surface area contributed by atoms with Gasteiger partial charge >= 0.3 is 11.9 Å². The predicted molar refractivity (Wildman–Crippen MR) is 79.0 cm³/mol. The van der Waals surface area contributed by atoms with Gasteiger partial charge in [-0.15, -0.1) is 0 Å². The van der Waals surface area contributed by atoms with Crippen LogP contribution in [-0.4, -0.2) is 32.4 Å². The van der Waals surface area contributed by atoms with Crippen molar-refractivity contribution >= 4 is 23.3 Å². The van der Waals surface area contributed by atoms with Crippen LogP contribution in [0.5, 0.6) is 11.5 Å². The summed E-state index contributed by atoms with van der Waals surface area (Å²) in [6.45, 7) is 0. The van der Waals surface area contributed by atoms with Crippen LogP contribution in [0, 0.1) is 0 Å². The van der Waals surface area contributed by atoms with Crippen LogP contribution in [0.15, 0.2) is 36.4 Å². The Hall–Kier alpha value is -3.42. The number of carbonyl (C=O) groups is 2. The summed E-state index contributed by atoms with van der Waals surface area (Å²) in [5.41, 5.74) is 10.8. The number of phenolic OH excluding ortho intramolecular Hbond substituents is 2. The molecule has 0 aliphatic rings. The van der Waals surface area contributed by atoms with E-state index in [1.165, 1.54) is 36.4 Å². The number of hydrogen-bond donors (Lipinski definition) is 6. The minimum Gasteiger partial charge on any atom is -0.506 e. The Kier molecular flexibility index (Phi) is 5.17. The fraction of sp³-hybridized carbons (Fsp3) is 0. The summed E-state index contributed by atoms with van der Waals surface area (Å²) in [5, 5.41) is 34.7. The van der Waals surface area contributed by atoms with Crippen molar-refractivity contribution in [2.45, 2.75) is 0 Å². The highest BCUT2D eigenvalue weighted by molar-refractivity contribution is 5.89. The Bertz CT molecular complexity index is 653. The van der Waals surface area contributed by atoms with Crippen LogP contribution in [0.2, 0.25) is 0 Å². The van der Waals surface area contributed by atoms with Crippen molar-refractivity contribution in [3.8, 4) is 11.5 Å². The van der Waals surface area contributed by atoms with Crippen LogP contribution in [0.1, 0.15) is 20.7 Å². The number of aromatic hydroxyl groups is 2. The van der Waals surface area contributed by atoms with E-state index in [0.29, 0.717) is 0 Å². The second-order valence-corrected chi connectivity index (χ2v) is 4.16. The van der Waals surface area contributed by atoms with Gasteiger partial charge in [-0.2, -0.15) is 0 Å². The van der Waals surface area contributed by atoms with Gasteiger partial charge in [-0.3, -0.25) is 0 Å². The quantitative estimate of drug-likeness (QED) is 0.357. The van der Waals surface area contributed by atoms with Gasteiger partial charge in [0.2, 0.25) is 0 Å². The number of carboxylic acid groups (broad SMARTS) is 2. The molecule has 0 fully saturated rings. The molecule has 0 spiro atoms. The SMILES string of the molecule is Nc1cc(C(=O)O)ccc1O.Nc1cc(C(=O)O)ccc1O. The molecule has 0 saturated carbocycles. The van der Waals surface area contributed by atoms with Crippen molar-refractivity contribution < 1.29 is 30.0 Å². The van der Waals surface area contributed by atoms with Gasteiger partial charge in [-0.1, -0.05) is 0 Å². The number of rotatable bonds is 2. The third kappa shape index (κ3) is 4.30. The first-order valence-electron chi connectivity index (χ1n) is 5.86. The summed E-state index contributed by atoms with van der Waals surface area (Å²) in [5.74, 6) is -2.32. The minimum absolute atomic E-state index is 0.0697. The number of nitrogen functional groups attached to an aromatic ring is 2.